The summed E-state index contributed by atoms with van der Waals surface area (Å²) in [6, 6.07) is 12.1. The molecule has 2 aromatic rings. The van der Waals surface area contributed by atoms with Gasteiger partial charge in [0.2, 0.25) is 0 Å². The highest BCUT2D eigenvalue weighted by molar-refractivity contribution is 8.13. The van der Waals surface area contributed by atoms with Gasteiger partial charge in [0.15, 0.2) is 5.17 Å². The average molecular weight is 318 g/mol. The Kier molecular flexibility index (Phi) is 5.83. The minimum Gasteiger partial charge on any atom is -0.493 e. The molecule has 0 amide bonds. The topological polar surface area (TPSA) is 47.6 Å². The summed E-state index contributed by atoms with van der Waals surface area (Å²) < 4.78 is 18.3. The lowest BCUT2D eigenvalue weighted by molar-refractivity contribution is 0.343. The van der Waals surface area contributed by atoms with Gasteiger partial charge in [0, 0.05) is 5.75 Å². The van der Waals surface area contributed by atoms with Crippen LogP contribution in [-0.4, -0.2) is 17.5 Å². The van der Waals surface area contributed by atoms with Gasteiger partial charge in [0.1, 0.15) is 11.6 Å². The van der Waals surface area contributed by atoms with Crippen molar-refractivity contribution in [2.45, 2.75) is 13.8 Å². The summed E-state index contributed by atoms with van der Waals surface area (Å²) in [4.78, 5) is 4.43. The number of aliphatic imine (C=N–C) groups is 1. The zero-order valence-corrected chi connectivity index (χ0v) is 13.5. The van der Waals surface area contributed by atoms with Gasteiger partial charge in [0.25, 0.3) is 0 Å². The monoisotopic (exact) mass is 318 g/mol. The molecular weight excluding hydrogens is 299 g/mol. The summed E-state index contributed by atoms with van der Waals surface area (Å²) in [6.45, 7) is 4.52. The number of ether oxygens (including phenoxy) is 1. The Balaban J connectivity index is 1.82. The number of amidine groups is 1. The predicted molar refractivity (Wildman–Crippen MR) is 91.6 cm³/mol. The Labute approximate surface area is 134 Å². The first-order valence-electron chi connectivity index (χ1n) is 6.97. The maximum atomic E-state index is 12.8. The summed E-state index contributed by atoms with van der Waals surface area (Å²) in [5.74, 6) is 1.05. The van der Waals surface area contributed by atoms with E-state index in [4.69, 9.17) is 10.5 Å². The first-order valence-corrected chi connectivity index (χ1v) is 7.96. The van der Waals surface area contributed by atoms with Gasteiger partial charge in [-0.1, -0.05) is 23.9 Å². The van der Waals surface area contributed by atoms with Crippen LogP contribution in [0.1, 0.15) is 11.1 Å². The molecule has 0 saturated heterocycles. The molecule has 0 radical (unpaired) electrons. The van der Waals surface area contributed by atoms with Crippen molar-refractivity contribution < 1.29 is 9.13 Å². The normalized spacial score (nSPS) is 11.5. The van der Waals surface area contributed by atoms with Gasteiger partial charge < -0.3 is 10.5 Å². The van der Waals surface area contributed by atoms with Crippen LogP contribution in [0.2, 0.25) is 0 Å². The second kappa shape index (κ2) is 7.84. The molecule has 0 aliphatic heterocycles. The van der Waals surface area contributed by atoms with Crippen LogP contribution in [0.15, 0.2) is 47.5 Å². The van der Waals surface area contributed by atoms with Crippen molar-refractivity contribution >= 4 is 22.6 Å². The maximum absolute atomic E-state index is 12.8. The summed E-state index contributed by atoms with van der Waals surface area (Å²) in [7, 11) is 0. The number of hydrogen-bond acceptors (Lipinski definition) is 3. The van der Waals surface area contributed by atoms with Crippen molar-refractivity contribution in [3.63, 3.8) is 0 Å². The number of nitrogens with two attached hydrogens (primary N) is 1. The molecule has 0 fully saturated rings. The first kappa shape index (κ1) is 16.4. The fourth-order valence-corrected chi connectivity index (χ4v) is 2.37. The van der Waals surface area contributed by atoms with Crippen LogP contribution in [0.5, 0.6) is 5.75 Å². The van der Waals surface area contributed by atoms with E-state index in [9.17, 15) is 4.39 Å². The number of benzene rings is 2. The molecule has 22 heavy (non-hydrogen) atoms. The van der Waals surface area contributed by atoms with E-state index >= 15 is 0 Å². The molecule has 116 valence electrons. The summed E-state index contributed by atoms with van der Waals surface area (Å²) >= 11 is 1.44. The van der Waals surface area contributed by atoms with E-state index in [1.807, 2.05) is 32.0 Å². The first-order chi connectivity index (χ1) is 10.5. The Morgan fingerprint density at radius 1 is 1.18 bits per heavy atom. The standard InChI is InChI=1S/C17H19FN2OS/c1-12-3-4-13(2)16(11-12)20-17(19)22-10-9-21-15-7-5-14(18)6-8-15/h3-8,11H,9-10H2,1-2H3,(H2,19,20). The van der Waals surface area contributed by atoms with Crippen LogP contribution >= 0.6 is 11.8 Å². The molecule has 0 aromatic heterocycles. The second-order valence-electron chi connectivity index (χ2n) is 4.89. The average Bonchev–Trinajstić information content (AvgIpc) is 2.49. The summed E-state index contributed by atoms with van der Waals surface area (Å²) in [5.41, 5.74) is 9.07. The fraction of sp³-hybridized carbons (Fsp3) is 0.235. The van der Waals surface area contributed by atoms with Crippen LogP contribution in [0, 0.1) is 19.7 Å². The van der Waals surface area contributed by atoms with Crippen molar-refractivity contribution in [3.8, 4) is 5.75 Å². The van der Waals surface area contributed by atoms with Crippen molar-refractivity contribution in [2.75, 3.05) is 12.4 Å². The lowest BCUT2D eigenvalue weighted by atomic mass is 10.1. The quantitative estimate of drug-likeness (QED) is 0.510. The summed E-state index contributed by atoms with van der Waals surface area (Å²) in [5, 5.41) is 0.511. The largest absolute Gasteiger partial charge is 0.493 e. The molecule has 0 unspecified atom stereocenters. The number of thioether (sulfide) groups is 1. The third-order valence-electron chi connectivity index (χ3n) is 3.01. The zero-order valence-electron chi connectivity index (χ0n) is 12.7. The number of hydrogen-bond donors (Lipinski definition) is 1. The number of rotatable bonds is 5. The smallest absolute Gasteiger partial charge is 0.159 e. The van der Waals surface area contributed by atoms with E-state index in [0.717, 1.165) is 16.8 Å². The molecule has 0 atom stereocenters. The Hall–Kier alpha value is -2.01. The van der Waals surface area contributed by atoms with E-state index in [1.165, 1.54) is 23.9 Å². The van der Waals surface area contributed by atoms with E-state index in [0.29, 0.717) is 23.3 Å². The van der Waals surface area contributed by atoms with Crippen molar-refractivity contribution in [1.29, 1.82) is 0 Å². The van der Waals surface area contributed by atoms with Crippen LogP contribution in [0.4, 0.5) is 10.1 Å². The van der Waals surface area contributed by atoms with Crippen molar-refractivity contribution in [1.82, 2.24) is 0 Å². The number of aryl methyl sites for hydroxylation is 2. The molecule has 3 nitrogen and oxygen atoms in total. The highest BCUT2D eigenvalue weighted by Gasteiger charge is 2.01. The molecule has 5 heteroatoms. The molecule has 2 rings (SSSR count). The highest BCUT2D eigenvalue weighted by Crippen LogP contribution is 2.21. The lowest BCUT2D eigenvalue weighted by Crippen LogP contribution is -2.10. The Morgan fingerprint density at radius 2 is 1.91 bits per heavy atom. The SMILES string of the molecule is Cc1ccc(C)c(N=C(N)SCCOc2ccc(F)cc2)c1. The minimum atomic E-state index is -0.272. The number of halogens is 1. The van der Waals surface area contributed by atoms with Crippen molar-refractivity contribution in [2.24, 2.45) is 10.7 Å². The molecule has 2 N–H and O–H groups in total. The zero-order chi connectivity index (χ0) is 15.9. The van der Waals surface area contributed by atoms with Crippen LogP contribution in [0.3, 0.4) is 0 Å². The maximum Gasteiger partial charge on any atom is 0.159 e. The molecule has 0 bridgehead atoms. The molecule has 0 aliphatic rings. The molecule has 0 aliphatic carbocycles. The Bertz CT molecular complexity index is 656. The minimum absolute atomic E-state index is 0.272. The predicted octanol–water partition coefficient (Wildman–Crippen LogP) is 4.20. The highest BCUT2D eigenvalue weighted by atomic mass is 32.2. The van der Waals surface area contributed by atoms with Crippen LogP contribution < -0.4 is 10.5 Å². The van der Waals surface area contributed by atoms with Gasteiger partial charge in [-0.25, -0.2) is 9.38 Å². The van der Waals surface area contributed by atoms with Crippen LogP contribution in [0.25, 0.3) is 0 Å². The van der Waals surface area contributed by atoms with Gasteiger partial charge in [-0.15, -0.1) is 0 Å². The number of nitrogens with zero attached hydrogens (tertiary/aromatic N) is 1. The molecule has 0 spiro atoms. The van der Waals surface area contributed by atoms with E-state index in [1.54, 1.807) is 12.1 Å². The van der Waals surface area contributed by atoms with Gasteiger partial charge in [-0.2, -0.15) is 0 Å². The van der Waals surface area contributed by atoms with Crippen molar-refractivity contribution in [3.05, 3.63) is 59.4 Å². The van der Waals surface area contributed by atoms with E-state index in [2.05, 4.69) is 4.99 Å². The third-order valence-corrected chi connectivity index (χ3v) is 3.77. The molecule has 2 aromatic carbocycles. The van der Waals surface area contributed by atoms with E-state index < -0.39 is 0 Å². The van der Waals surface area contributed by atoms with Crippen LogP contribution in [-0.2, 0) is 0 Å². The molecular formula is C17H19FN2OS. The van der Waals surface area contributed by atoms with Gasteiger partial charge >= 0.3 is 0 Å². The molecule has 0 heterocycles. The lowest BCUT2D eigenvalue weighted by Gasteiger charge is -2.06. The van der Waals surface area contributed by atoms with Gasteiger partial charge in [-0.3, -0.25) is 0 Å². The van der Waals surface area contributed by atoms with E-state index in [-0.39, 0.29) is 5.82 Å². The fourth-order valence-electron chi connectivity index (χ4n) is 1.83. The summed E-state index contributed by atoms with van der Waals surface area (Å²) in [6.07, 6.45) is 0. The van der Waals surface area contributed by atoms with Gasteiger partial charge in [-0.05, 0) is 55.3 Å². The Morgan fingerprint density at radius 3 is 2.64 bits per heavy atom. The third kappa shape index (κ3) is 5.07. The molecule has 0 saturated carbocycles. The second-order valence-corrected chi connectivity index (χ2v) is 6.01. The van der Waals surface area contributed by atoms with Gasteiger partial charge in [0.05, 0.1) is 12.3 Å².